The van der Waals surface area contributed by atoms with E-state index in [2.05, 4.69) is 41.0 Å². The van der Waals surface area contributed by atoms with Crippen molar-refractivity contribution in [1.82, 2.24) is 5.32 Å². The number of carbonyl (C=O) groups excluding carboxylic acids is 1. The lowest BCUT2D eigenvalue weighted by Gasteiger charge is -2.38. The minimum absolute atomic E-state index is 0.0523. The highest BCUT2D eigenvalue weighted by atomic mass is 35.5. The first-order valence-corrected chi connectivity index (χ1v) is 11.2. The summed E-state index contributed by atoms with van der Waals surface area (Å²) in [6, 6.07) is 14.7. The Kier molecular flexibility index (Phi) is 5.09. The minimum atomic E-state index is 0.0523. The Labute approximate surface area is 177 Å². The number of nitrogens with one attached hydrogen (secondary N) is 2. The summed E-state index contributed by atoms with van der Waals surface area (Å²) in [4.78, 5) is 13.2. The van der Waals surface area contributed by atoms with Gasteiger partial charge in [-0.3, -0.25) is 4.79 Å². The summed E-state index contributed by atoms with van der Waals surface area (Å²) in [7, 11) is 0. The van der Waals surface area contributed by atoms with Crippen LogP contribution >= 0.6 is 11.6 Å². The molecular weight excluding hydrogens is 380 g/mol. The van der Waals surface area contributed by atoms with Crippen molar-refractivity contribution in [2.75, 3.05) is 5.32 Å². The van der Waals surface area contributed by atoms with Gasteiger partial charge in [-0.05, 0) is 54.5 Å². The Morgan fingerprint density at radius 1 is 1.03 bits per heavy atom. The molecule has 1 saturated carbocycles. The molecule has 0 bridgehead atoms. The molecule has 0 spiro atoms. The van der Waals surface area contributed by atoms with Gasteiger partial charge in [0.1, 0.15) is 0 Å². The topological polar surface area (TPSA) is 41.1 Å². The van der Waals surface area contributed by atoms with E-state index in [9.17, 15) is 4.79 Å². The van der Waals surface area contributed by atoms with E-state index in [1.54, 1.807) is 0 Å². The van der Waals surface area contributed by atoms with Crippen LogP contribution in [0.25, 0.3) is 0 Å². The third-order valence-corrected chi connectivity index (χ3v) is 7.06. The largest absolute Gasteiger partial charge is 0.377 e. The maximum Gasteiger partial charge on any atom is 0.253 e. The van der Waals surface area contributed by atoms with Crippen LogP contribution in [0, 0.1) is 5.92 Å². The summed E-state index contributed by atoms with van der Waals surface area (Å²) in [6.07, 6.45) is 11.5. The van der Waals surface area contributed by atoms with Crippen LogP contribution in [0.1, 0.15) is 72.0 Å². The molecule has 2 aliphatic carbocycles. The Morgan fingerprint density at radius 3 is 2.62 bits per heavy atom. The van der Waals surface area contributed by atoms with Gasteiger partial charge in [-0.1, -0.05) is 67.3 Å². The van der Waals surface area contributed by atoms with Crippen molar-refractivity contribution in [3.05, 3.63) is 76.3 Å². The average molecular weight is 407 g/mol. The van der Waals surface area contributed by atoms with Crippen LogP contribution in [0.2, 0.25) is 5.02 Å². The van der Waals surface area contributed by atoms with Gasteiger partial charge in [0.25, 0.3) is 5.91 Å². The van der Waals surface area contributed by atoms with E-state index in [-0.39, 0.29) is 11.9 Å². The smallest absolute Gasteiger partial charge is 0.253 e. The molecule has 2 N–H and O–H groups in total. The predicted octanol–water partition coefficient (Wildman–Crippen LogP) is 6.23. The summed E-state index contributed by atoms with van der Waals surface area (Å²) in [5.41, 5.74) is 4.23. The molecule has 1 fully saturated rings. The highest BCUT2D eigenvalue weighted by Crippen LogP contribution is 2.50. The molecule has 0 radical (unpaired) electrons. The molecule has 3 nitrogen and oxygen atoms in total. The van der Waals surface area contributed by atoms with Crippen molar-refractivity contribution in [3.63, 3.8) is 0 Å². The zero-order valence-electron chi connectivity index (χ0n) is 16.5. The number of hydrogen-bond donors (Lipinski definition) is 2. The zero-order chi connectivity index (χ0) is 19.8. The molecule has 4 heteroatoms. The van der Waals surface area contributed by atoms with Crippen LogP contribution in [-0.4, -0.2) is 11.9 Å². The Bertz CT molecular complexity index is 930. The quantitative estimate of drug-likeness (QED) is 0.593. The summed E-state index contributed by atoms with van der Waals surface area (Å²) >= 11 is 6.12. The summed E-state index contributed by atoms with van der Waals surface area (Å²) < 4.78 is 0. The molecule has 150 valence electrons. The molecule has 29 heavy (non-hydrogen) atoms. The molecule has 1 heterocycles. The summed E-state index contributed by atoms with van der Waals surface area (Å²) in [6.45, 7) is 0. The lowest BCUT2D eigenvalue weighted by atomic mass is 9.76. The number of rotatable bonds is 3. The summed E-state index contributed by atoms with van der Waals surface area (Å²) in [5.74, 6) is 0.853. The van der Waals surface area contributed by atoms with Crippen LogP contribution in [0.5, 0.6) is 0 Å². The van der Waals surface area contributed by atoms with Crippen molar-refractivity contribution in [3.8, 4) is 0 Å². The first-order valence-electron chi connectivity index (χ1n) is 10.8. The van der Waals surface area contributed by atoms with Crippen LogP contribution in [0.4, 0.5) is 5.69 Å². The van der Waals surface area contributed by atoms with Gasteiger partial charge >= 0.3 is 0 Å². The Morgan fingerprint density at radius 2 is 1.83 bits per heavy atom. The number of amides is 1. The first-order chi connectivity index (χ1) is 14.2. The maximum atomic E-state index is 13.2. The fraction of sp³-hybridized carbons (Fsp3) is 0.400. The van der Waals surface area contributed by atoms with E-state index in [1.807, 2.05) is 24.3 Å². The van der Waals surface area contributed by atoms with Gasteiger partial charge in [0.05, 0.1) is 17.3 Å². The standard InChI is InChI=1S/C25H27ClN2O/c26-17-14-12-16(13-15-17)23-20-9-4-8-19(20)21-10-5-11-22(24(21)28-23)25(29)27-18-6-2-1-3-7-18/h4-5,8,10-15,18-20,23,28H,1-3,6-7,9H2,(H,27,29). The molecule has 0 aromatic heterocycles. The van der Waals surface area contributed by atoms with Crippen molar-refractivity contribution in [1.29, 1.82) is 0 Å². The van der Waals surface area contributed by atoms with E-state index in [1.165, 1.54) is 30.4 Å². The number of anilines is 1. The molecule has 3 aliphatic rings. The van der Waals surface area contributed by atoms with Crippen molar-refractivity contribution >= 4 is 23.2 Å². The van der Waals surface area contributed by atoms with Crippen molar-refractivity contribution < 1.29 is 4.79 Å². The molecule has 2 aromatic carbocycles. The highest BCUT2D eigenvalue weighted by molar-refractivity contribution is 6.30. The number of allylic oxidation sites excluding steroid dienone is 2. The molecular formula is C25H27ClN2O. The number of fused-ring (bicyclic) bond motifs is 3. The van der Waals surface area contributed by atoms with E-state index < -0.39 is 0 Å². The van der Waals surface area contributed by atoms with Gasteiger partial charge in [0.15, 0.2) is 0 Å². The fourth-order valence-electron chi connectivity index (χ4n) is 5.32. The van der Waals surface area contributed by atoms with E-state index in [0.29, 0.717) is 17.9 Å². The van der Waals surface area contributed by atoms with E-state index in [4.69, 9.17) is 11.6 Å². The molecule has 0 saturated heterocycles. The second-order valence-corrected chi connectivity index (χ2v) is 9.04. The molecule has 5 rings (SSSR count). The van der Waals surface area contributed by atoms with E-state index in [0.717, 1.165) is 35.5 Å². The Hall–Kier alpha value is -2.26. The molecule has 3 unspecified atom stereocenters. The summed E-state index contributed by atoms with van der Waals surface area (Å²) in [5, 5.41) is 7.79. The van der Waals surface area contributed by atoms with Gasteiger partial charge in [-0.15, -0.1) is 0 Å². The lowest BCUT2D eigenvalue weighted by molar-refractivity contribution is 0.0928. The number of halogens is 1. The fourth-order valence-corrected chi connectivity index (χ4v) is 5.45. The van der Waals surface area contributed by atoms with Gasteiger partial charge in [-0.2, -0.15) is 0 Å². The minimum Gasteiger partial charge on any atom is -0.377 e. The van der Waals surface area contributed by atoms with Crippen LogP contribution in [0.15, 0.2) is 54.6 Å². The predicted molar refractivity (Wildman–Crippen MR) is 119 cm³/mol. The van der Waals surface area contributed by atoms with Gasteiger partial charge in [0, 0.05) is 17.0 Å². The molecule has 3 atom stereocenters. The number of para-hydroxylation sites is 1. The number of benzene rings is 2. The van der Waals surface area contributed by atoms with Crippen LogP contribution in [0.3, 0.4) is 0 Å². The zero-order valence-corrected chi connectivity index (χ0v) is 17.3. The van der Waals surface area contributed by atoms with Gasteiger partial charge < -0.3 is 10.6 Å². The van der Waals surface area contributed by atoms with Gasteiger partial charge in [-0.25, -0.2) is 0 Å². The van der Waals surface area contributed by atoms with E-state index >= 15 is 0 Å². The lowest BCUT2D eigenvalue weighted by Crippen LogP contribution is -2.37. The number of carbonyl (C=O) groups is 1. The van der Waals surface area contributed by atoms with Crippen molar-refractivity contribution in [2.24, 2.45) is 5.92 Å². The highest BCUT2D eigenvalue weighted by Gasteiger charge is 2.39. The third-order valence-electron chi connectivity index (χ3n) is 6.81. The molecule has 1 amide bonds. The van der Waals surface area contributed by atoms with Crippen molar-refractivity contribution in [2.45, 2.75) is 56.5 Å². The number of hydrogen-bond acceptors (Lipinski definition) is 2. The third kappa shape index (κ3) is 3.57. The van der Waals surface area contributed by atoms with Crippen LogP contribution < -0.4 is 10.6 Å². The molecule has 1 aliphatic heterocycles. The monoisotopic (exact) mass is 406 g/mol. The SMILES string of the molecule is O=C(NC1CCCCC1)c1cccc2c1NC(c1ccc(Cl)cc1)C1CC=CC21. The van der Waals surface area contributed by atoms with Gasteiger partial charge in [0.2, 0.25) is 0 Å². The maximum absolute atomic E-state index is 13.2. The average Bonchev–Trinajstić information content (AvgIpc) is 3.24. The van der Waals surface area contributed by atoms with Crippen LogP contribution in [-0.2, 0) is 0 Å². The second kappa shape index (κ2) is 7.87. The first kappa shape index (κ1) is 18.7. The molecule has 2 aromatic rings. The normalized spacial score (nSPS) is 25.8. The second-order valence-electron chi connectivity index (χ2n) is 8.61. The Balaban J connectivity index is 1.48.